The first-order valence-corrected chi connectivity index (χ1v) is 13.3. The van der Waals surface area contributed by atoms with E-state index in [2.05, 4.69) is 20.2 Å². The lowest BCUT2D eigenvalue weighted by Gasteiger charge is -2.24. The van der Waals surface area contributed by atoms with Gasteiger partial charge < -0.3 is 19.9 Å². The zero-order valence-corrected chi connectivity index (χ0v) is 22.4. The van der Waals surface area contributed by atoms with Gasteiger partial charge in [-0.15, -0.1) is 0 Å². The fourth-order valence-electron chi connectivity index (χ4n) is 4.74. The molecule has 2 aromatic heterocycles. The highest BCUT2D eigenvalue weighted by atomic mass is 35.5. The van der Waals surface area contributed by atoms with E-state index in [-0.39, 0.29) is 6.54 Å². The highest BCUT2D eigenvalue weighted by Crippen LogP contribution is 2.37. The number of nitrogens with zero attached hydrogens (tertiary/aromatic N) is 4. The fourth-order valence-corrected chi connectivity index (χ4v) is 5.44. The maximum atomic E-state index is 13.6. The maximum absolute atomic E-state index is 13.6. The van der Waals surface area contributed by atoms with E-state index in [0.717, 1.165) is 43.6 Å². The quantitative estimate of drug-likeness (QED) is 0.266. The van der Waals surface area contributed by atoms with Crippen molar-refractivity contribution in [3.63, 3.8) is 0 Å². The minimum absolute atomic E-state index is 0.233. The molecule has 5 rings (SSSR count). The van der Waals surface area contributed by atoms with Gasteiger partial charge in [-0.05, 0) is 73.7 Å². The Bertz CT molecular complexity index is 1420. The van der Waals surface area contributed by atoms with Crippen LogP contribution in [0.3, 0.4) is 0 Å². The molecule has 1 saturated heterocycles. The maximum Gasteiger partial charge on any atom is 0.225 e. The Balaban J connectivity index is 1.52. The molecule has 1 unspecified atom stereocenters. The Morgan fingerprint density at radius 3 is 2.63 bits per heavy atom. The molecule has 1 aliphatic rings. The number of halogens is 4. The summed E-state index contributed by atoms with van der Waals surface area (Å²) in [7, 11) is 1.65. The smallest absolute Gasteiger partial charge is 0.225 e. The van der Waals surface area contributed by atoms with E-state index >= 15 is 0 Å². The van der Waals surface area contributed by atoms with Crippen molar-refractivity contribution in [1.82, 2.24) is 24.8 Å². The number of anilines is 1. The van der Waals surface area contributed by atoms with Gasteiger partial charge in [-0.1, -0.05) is 29.3 Å². The highest BCUT2D eigenvalue weighted by Gasteiger charge is 2.23. The number of methoxy groups -OCH3 is 1. The highest BCUT2D eigenvalue weighted by molar-refractivity contribution is 6.39. The first kappa shape index (κ1) is 26.7. The number of nitrogens with one attached hydrogen (secondary N) is 2. The predicted molar refractivity (Wildman–Crippen MR) is 146 cm³/mol. The Kier molecular flexibility index (Phi) is 8.38. The topological polar surface area (TPSA) is 76.9 Å². The molecule has 1 fully saturated rings. The SMILES string of the molecule is COCCc1cc(Cl)c(-c2nc3cnc(NCc4ccc(F)c(F)c4)nc3n2CC2CCCNC2)c(Cl)c1. The lowest BCUT2D eigenvalue weighted by atomic mass is 9.99. The standard InChI is InChI=1S/C27H28Cl2F2N6O/c1-38-8-6-16-9-19(28)24(20(29)10-16)26-35-23-14-34-27(33-13-17-4-5-21(30)22(31)11-17)36-25(23)37(26)15-18-3-2-7-32-12-18/h4-5,9-11,14,18,32H,2-3,6-8,12-13,15H2,1H3,(H,33,34,36). The average Bonchev–Trinajstić information content (AvgIpc) is 3.25. The molecule has 11 heteroatoms. The van der Waals surface area contributed by atoms with Gasteiger partial charge in [0.25, 0.3) is 0 Å². The van der Waals surface area contributed by atoms with E-state index in [1.165, 1.54) is 6.07 Å². The normalized spacial score (nSPS) is 15.8. The molecule has 2 aromatic carbocycles. The van der Waals surface area contributed by atoms with E-state index in [0.29, 0.717) is 69.6 Å². The second kappa shape index (κ2) is 11.9. The number of imidazole rings is 1. The molecule has 0 spiro atoms. The van der Waals surface area contributed by atoms with Gasteiger partial charge >= 0.3 is 0 Å². The van der Waals surface area contributed by atoms with Gasteiger partial charge in [0.2, 0.25) is 5.95 Å². The number of piperidine rings is 1. The molecule has 38 heavy (non-hydrogen) atoms. The molecule has 200 valence electrons. The summed E-state index contributed by atoms with van der Waals surface area (Å²) < 4.78 is 34.2. The molecule has 0 saturated carbocycles. The van der Waals surface area contributed by atoms with Gasteiger partial charge in [0.1, 0.15) is 11.3 Å². The average molecular weight is 561 g/mol. The lowest BCUT2D eigenvalue weighted by Crippen LogP contribution is -2.32. The van der Waals surface area contributed by atoms with Crippen LogP contribution in [0.25, 0.3) is 22.6 Å². The molecular formula is C27H28Cl2F2N6O. The summed E-state index contributed by atoms with van der Waals surface area (Å²) in [6.07, 6.45) is 4.51. The van der Waals surface area contributed by atoms with Crippen LogP contribution in [-0.2, 0) is 24.2 Å². The molecule has 0 aliphatic carbocycles. The van der Waals surface area contributed by atoms with E-state index < -0.39 is 11.6 Å². The zero-order chi connectivity index (χ0) is 26.6. The van der Waals surface area contributed by atoms with Crippen molar-refractivity contribution in [2.45, 2.75) is 32.4 Å². The van der Waals surface area contributed by atoms with Crippen LogP contribution >= 0.6 is 23.2 Å². The first-order valence-electron chi connectivity index (χ1n) is 12.5. The Labute approximate surface area is 229 Å². The molecular weight excluding hydrogens is 533 g/mol. The molecule has 4 aromatic rings. The largest absolute Gasteiger partial charge is 0.384 e. The van der Waals surface area contributed by atoms with Gasteiger partial charge in [0.05, 0.1) is 28.4 Å². The van der Waals surface area contributed by atoms with Crippen molar-refractivity contribution in [2.75, 3.05) is 32.1 Å². The second-order valence-electron chi connectivity index (χ2n) is 9.44. The number of aromatic nitrogens is 4. The molecule has 3 heterocycles. The fraction of sp³-hybridized carbons (Fsp3) is 0.370. The number of ether oxygens (including phenoxy) is 1. The van der Waals surface area contributed by atoms with Gasteiger partial charge in [0.15, 0.2) is 17.3 Å². The molecule has 0 radical (unpaired) electrons. The zero-order valence-electron chi connectivity index (χ0n) is 20.9. The Hall–Kier alpha value is -2.85. The van der Waals surface area contributed by atoms with Crippen molar-refractivity contribution in [2.24, 2.45) is 5.92 Å². The van der Waals surface area contributed by atoms with Gasteiger partial charge in [-0.2, -0.15) is 4.98 Å². The summed E-state index contributed by atoms with van der Waals surface area (Å²) >= 11 is 13.5. The van der Waals surface area contributed by atoms with Crippen LogP contribution in [0.4, 0.5) is 14.7 Å². The number of benzene rings is 2. The number of fused-ring (bicyclic) bond motifs is 1. The molecule has 0 bridgehead atoms. The van der Waals surface area contributed by atoms with Crippen LogP contribution in [0.1, 0.15) is 24.0 Å². The monoisotopic (exact) mass is 560 g/mol. The van der Waals surface area contributed by atoms with Gasteiger partial charge in [-0.3, -0.25) is 0 Å². The summed E-state index contributed by atoms with van der Waals surface area (Å²) in [5.74, 6) is -0.419. The minimum Gasteiger partial charge on any atom is -0.384 e. The van der Waals surface area contributed by atoms with Crippen LogP contribution in [0.2, 0.25) is 10.0 Å². The lowest BCUT2D eigenvalue weighted by molar-refractivity contribution is 0.202. The van der Waals surface area contributed by atoms with E-state index in [1.54, 1.807) is 13.3 Å². The molecule has 7 nitrogen and oxygen atoms in total. The molecule has 2 N–H and O–H groups in total. The summed E-state index contributed by atoms with van der Waals surface area (Å²) in [6.45, 7) is 3.38. The molecule has 1 atom stereocenters. The Morgan fingerprint density at radius 2 is 1.92 bits per heavy atom. The third-order valence-corrected chi connectivity index (χ3v) is 7.28. The van der Waals surface area contributed by atoms with Gasteiger partial charge in [0, 0.05) is 20.2 Å². The number of hydrogen-bond donors (Lipinski definition) is 2. The summed E-state index contributed by atoms with van der Waals surface area (Å²) in [5.41, 5.74) is 3.45. The van der Waals surface area contributed by atoms with Crippen LogP contribution in [-0.4, -0.2) is 46.3 Å². The van der Waals surface area contributed by atoms with E-state index in [4.69, 9.17) is 37.9 Å². The van der Waals surface area contributed by atoms with Crippen molar-refractivity contribution < 1.29 is 13.5 Å². The third-order valence-electron chi connectivity index (χ3n) is 6.68. The molecule has 0 amide bonds. The van der Waals surface area contributed by atoms with E-state index in [9.17, 15) is 8.78 Å². The molecule has 1 aliphatic heterocycles. The second-order valence-corrected chi connectivity index (χ2v) is 10.3. The van der Waals surface area contributed by atoms with Crippen molar-refractivity contribution >= 4 is 40.3 Å². The summed E-state index contributed by atoms with van der Waals surface area (Å²) in [4.78, 5) is 14.0. The first-order chi connectivity index (χ1) is 18.4. The minimum atomic E-state index is -0.897. The number of rotatable bonds is 9. The third kappa shape index (κ3) is 5.91. The van der Waals surface area contributed by atoms with E-state index in [1.807, 2.05) is 12.1 Å². The van der Waals surface area contributed by atoms with Crippen molar-refractivity contribution in [3.8, 4) is 11.4 Å². The number of hydrogen-bond acceptors (Lipinski definition) is 6. The van der Waals surface area contributed by atoms with Crippen molar-refractivity contribution in [1.29, 1.82) is 0 Å². The summed E-state index contributed by atoms with van der Waals surface area (Å²) in [6, 6.07) is 7.56. The van der Waals surface area contributed by atoms with Crippen LogP contribution in [0.5, 0.6) is 0 Å². The van der Waals surface area contributed by atoms with Gasteiger partial charge in [-0.25, -0.2) is 18.7 Å². The predicted octanol–water partition coefficient (Wildman–Crippen LogP) is 5.88. The van der Waals surface area contributed by atoms with Crippen LogP contribution in [0, 0.1) is 17.6 Å². The Morgan fingerprint density at radius 1 is 1.11 bits per heavy atom. The van der Waals surface area contributed by atoms with Crippen LogP contribution in [0.15, 0.2) is 36.5 Å². The summed E-state index contributed by atoms with van der Waals surface area (Å²) in [5, 5.41) is 7.58. The van der Waals surface area contributed by atoms with Crippen molar-refractivity contribution in [3.05, 3.63) is 69.3 Å². The van der Waals surface area contributed by atoms with Crippen LogP contribution < -0.4 is 10.6 Å².